The van der Waals surface area contributed by atoms with E-state index in [0.29, 0.717) is 99.1 Å². The van der Waals surface area contributed by atoms with Gasteiger partial charge < -0.3 is 9.13 Å². The van der Waals surface area contributed by atoms with Crippen molar-refractivity contribution < 1.29 is 19.2 Å². The molecule has 7 rings (SSSR count). The normalized spacial score (nSPS) is 18.6. The predicted octanol–water partition coefficient (Wildman–Crippen LogP) is 8.53. The number of carbonyl (C=O) groups excluding carboxylic acids is 4. The topological polar surface area (TPSA) is 133 Å². The van der Waals surface area contributed by atoms with Crippen LogP contribution in [-0.2, 0) is 0 Å². The highest BCUT2D eigenvalue weighted by Crippen LogP contribution is 2.48. The van der Waals surface area contributed by atoms with E-state index in [4.69, 9.17) is 15.0 Å². The fourth-order valence-electron chi connectivity index (χ4n) is 8.71. The van der Waals surface area contributed by atoms with Crippen LogP contribution >= 0.6 is 0 Å². The number of carbonyl (C=O) groups is 4. The van der Waals surface area contributed by atoms with Crippen molar-refractivity contribution in [1.82, 2.24) is 24.1 Å². The molecule has 0 radical (unpaired) electrons. The number of rotatable bonds is 12. The largest absolute Gasteiger partial charge is 0.350 e. The Hall–Kier alpha value is -5.04. The predicted molar refractivity (Wildman–Crippen MR) is 245 cm³/mol. The summed E-state index contributed by atoms with van der Waals surface area (Å²) in [6.45, 7) is 31.0. The molecule has 17 heteroatoms. The van der Waals surface area contributed by atoms with E-state index in [9.17, 15) is 19.2 Å². The molecule has 0 bridgehead atoms. The molecular weight excluding hydrogens is 791 g/mol. The van der Waals surface area contributed by atoms with E-state index in [2.05, 4.69) is 90.7 Å². The Bertz CT molecular complexity index is 2030. The fourth-order valence-corrected chi connectivity index (χ4v) is 15.4. The first-order valence-corrected chi connectivity index (χ1v) is 27.3. The molecule has 0 aromatic carbocycles. The number of hydrogen-bond donors (Lipinski definition) is 0. The zero-order valence-electron chi connectivity index (χ0n) is 37.6. The lowest BCUT2D eigenvalue weighted by molar-refractivity contribution is 0.235. The Balaban J connectivity index is 1.03. The summed E-state index contributed by atoms with van der Waals surface area (Å²) in [5.41, 5.74) is 0. The molecule has 8 amide bonds. The van der Waals surface area contributed by atoms with E-state index in [0.717, 1.165) is 0 Å². The number of urea groups is 4. The van der Waals surface area contributed by atoms with Crippen LogP contribution in [0.5, 0.6) is 0 Å². The van der Waals surface area contributed by atoms with E-state index in [-0.39, 0.29) is 34.2 Å². The summed E-state index contributed by atoms with van der Waals surface area (Å²) < 4.78 is 4.17. The second kappa shape index (κ2) is 15.5. The molecule has 322 valence electrons. The molecule has 15 nitrogen and oxygen atoms in total. The van der Waals surface area contributed by atoms with Crippen LogP contribution in [0.4, 0.5) is 54.1 Å². The van der Waals surface area contributed by atoms with E-state index in [1.807, 2.05) is 24.3 Å². The summed E-state index contributed by atoms with van der Waals surface area (Å²) >= 11 is 0. The number of nitrogens with zero attached hydrogens (tertiary/aromatic N) is 11. The molecule has 4 fully saturated rings. The maximum atomic E-state index is 14.0. The third kappa shape index (κ3) is 7.00. The zero-order valence-corrected chi connectivity index (χ0v) is 39.6. The summed E-state index contributed by atoms with van der Waals surface area (Å²) in [5.74, 6) is 3.70. The minimum Gasteiger partial charge on any atom is -0.350 e. The molecule has 3 aromatic rings. The maximum Gasteiger partial charge on any atom is 0.331 e. The van der Waals surface area contributed by atoms with Crippen molar-refractivity contribution in [3.63, 3.8) is 0 Å². The van der Waals surface area contributed by atoms with Gasteiger partial charge in [0.25, 0.3) is 0 Å². The lowest BCUT2D eigenvalue weighted by atomic mass is 9.99. The molecule has 0 spiro atoms. The van der Waals surface area contributed by atoms with Crippen LogP contribution in [0.15, 0.2) is 54.6 Å². The SMILES string of the molecule is CC(C)C(C)(C)[Si](C)(C)N1CCN(c2cccc(N3CCN(c4cccc(N5CCN(c6cccc(N7CCN([Si](C)(C)C(C)(C)C(C)C)C7=O)n6)C5=O)n4)C3=O)n2)C1=O. The van der Waals surface area contributed by atoms with Crippen molar-refractivity contribution in [2.45, 2.75) is 91.7 Å². The van der Waals surface area contributed by atoms with Gasteiger partial charge in [-0.15, -0.1) is 0 Å². The Labute approximate surface area is 357 Å². The minimum atomic E-state index is -2.17. The van der Waals surface area contributed by atoms with Crippen molar-refractivity contribution in [3.05, 3.63) is 54.6 Å². The maximum absolute atomic E-state index is 14.0. The van der Waals surface area contributed by atoms with Crippen molar-refractivity contribution in [3.8, 4) is 0 Å². The molecule has 60 heavy (non-hydrogen) atoms. The molecule has 4 aliphatic rings. The molecule has 0 unspecified atom stereocenters. The van der Waals surface area contributed by atoms with Crippen molar-refractivity contribution >= 4 is 75.5 Å². The van der Waals surface area contributed by atoms with Crippen LogP contribution in [0.3, 0.4) is 0 Å². The lowest BCUT2D eigenvalue weighted by Gasteiger charge is -2.48. The van der Waals surface area contributed by atoms with E-state index >= 15 is 0 Å². The van der Waals surface area contributed by atoms with Gasteiger partial charge in [-0.3, -0.25) is 29.4 Å². The highest BCUT2D eigenvalue weighted by molar-refractivity contribution is 6.80. The Kier molecular flexibility index (Phi) is 11.1. The average molecular weight is 854 g/mol. The van der Waals surface area contributed by atoms with Gasteiger partial charge in [-0.2, -0.15) is 0 Å². The van der Waals surface area contributed by atoms with Gasteiger partial charge in [-0.1, -0.05) is 99.8 Å². The quantitative estimate of drug-likeness (QED) is 0.167. The first-order chi connectivity index (χ1) is 28.1. The van der Waals surface area contributed by atoms with Gasteiger partial charge in [0.1, 0.15) is 34.9 Å². The molecule has 0 aliphatic carbocycles. The van der Waals surface area contributed by atoms with Gasteiger partial charge in [-0.05, 0) is 58.3 Å². The van der Waals surface area contributed by atoms with Crippen LogP contribution in [0.25, 0.3) is 0 Å². The Morgan fingerprint density at radius 1 is 0.417 bits per heavy atom. The first kappa shape index (κ1) is 43.1. The van der Waals surface area contributed by atoms with Gasteiger partial charge in [-0.25, -0.2) is 34.1 Å². The third-order valence-corrected chi connectivity index (χ3v) is 26.2. The highest BCUT2D eigenvalue weighted by Gasteiger charge is 2.52. The van der Waals surface area contributed by atoms with Crippen LogP contribution in [0.1, 0.15) is 55.4 Å². The zero-order chi connectivity index (χ0) is 43.7. The molecule has 0 N–H and O–H groups in total. The fraction of sp³-hybridized carbons (Fsp3) is 0.558. The summed E-state index contributed by atoms with van der Waals surface area (Å²) in [6.07, 6.45) is 0. The van der Waals surface area contributed by atoms with Crippen LogP contribution in [0.2, 0.25) is 36.3 Å². The number of amides is 8. The van der Waals surface area contributed by atoms with Gasteiger partial charge in [0, 0.05) is 52.4 Å². The minimum absolute atomic E-state index is 0.0122. The Morgan fingerprint density at radius 2 is 0.633 bits per heavy atom. The van der Waals surface area contributed by atoms with Crippen LogP contribution < -0.4 is 29.4 Å². The lowest BCUT2D eigenvalue weighted by Crippen LogP contribution is -2.58. The second-order valence-electron chi connectivity index (χ2n) is 19.3. The van der Waals surface area contributed by atoms with Gasteiger partial charge >= 0.3 is 24.1 Å². The van der Waals surface area contributed by atoms with Crippen molar-refractivity contribution in [2.75, 3.05) is 81.8 Å². The number of hydrogen-bond acceptors (Lipinski definition) is 7. The van der Waals surface area contributed by atoms with Crippen LogP contribution in [0, 0.1) is 11.8 Å². The van der Waals surface area contributed by atoms with Gasteiger partial charge in [0.05, 0.1) is 0 Å². The summed E-state index contributed by atoms with van der Waals surface area (Å²) in [5, 5.41) is 0.0243. The molecule has 3 aromatic heterocycles. The number of pyridine rings is 3. The van der Waals surface area contributed by atoms with E-state index in [1.54, 1.807) is 59.7 Å². The first-order valence-electron chi connectivity index (χ1n) is 21.4. The summed E-state index contributed by atoms with van der Waals surface area (Å²) in [6, 6.07) is 15.6. The van der Waals surface area contributed by atoms with Crippen LogP contribution in [-0.4, -0.2) is 117 Å². The molecular formula is C43H63N11O4Si2. The molecule has 0 atom stereocenters. The summed E-state index contributed by atoms with van der Waals surface area (Å²) in [7, 11) is -4.34. The number of anilines is 6. The Morgan fingerprint density at radius 3 is 0.867 bits per heavy atom. The van der Waals surface area contributed by atoms with Gasteiger partial charge in [0.2, 0.25) is 0 Å². The van der Waals surface area contributed by atoms with Crippen molar-refractivity contribution in [2.24, 2.45) is 11.8 Å². The third-order valence-electron chi connectivity index (χ3n) is 15.2. The standard InChI is InChI=1S/C43H63N11O4Si2/c1-30(2)42(5,6)59(9,10)53-28-26-51(40(53)57)36-20-14-18-34(45-36)49-24-22-47(38(49)55)32-16-13-17-33(44-32)48-23-25-50(39(48)56)35-19-15-21-37(46-35)52-27-29-54(41(52)58)60(11,12)43(7,8)31(3)4/h13-21,30-31H,22-29H2,1-12H3. The van der Waals surface area contributed by atoms with Gasteiger partial charge in [0.15, 0.2) is 16.5 Å². The second-order valence-corrected chi connectivity index (χ2v) is 29.2. The average Bonchev–Trinajstić information content (AvgIpc) is 3.99. The smallest absolute Gasteiger partial charge is 0.331 e. The van der Waals surface area contributed by atoms with Crippen molar-refractivity contribution in [1.29, 1.82) is 0 Å². The summed E-state index contributed by atoms with van der Waals surface area (Å²) in [4.78, 5) is 80.1. The van der Waals surface area contributed by atoms with E-state index in [1.165, 1.54) is 0 Å². The molecule has 4 saturated heterocycles. The molecule has 0 saturated carbocycles. The molecule has 7 heterocycles. The number of aromatic nitrogens is 3. The van der Waals surface area contributed by atoms with E-state index < -0.39 is 16.5 Å². The highest BCUT2D eigenvalue weighted by atomic mass is 28.3. The monoisotopic (exact) mass is 853 g/mol. The molecule has 4 aliphatic heterocycles.